The summed E-state index contributed by atoms with van der Waals surface area (Å²) in [5, 5.41) is 5.40. The van der Waals surface area contributed by atoms with Gasteiger partial charge in [0.15, 0.2) is 5.76 Å². The number of benzene rings is 2. The summed E-state index contributed by atoms with van der Waals surface area (Å²) in [6, 6.07) is 15.6. The van der Waals surface area contributed by atoms with Crippen molar-refractivity contribution >= 4 is 17.5 Å². The maximum Gasteiger partial charge on any atom is 0.291 e. The van der Waals surface area contributed by atoms with E-state index in [0.717, 1.165) is 0 Å². The molecule has 0 radical (unpaired) electrons. The van der Waals surface area contributed by atoms with E-state index in [1.54, 1.807) is 48.5 Å². The predicted octanol–water partition coefficient (Wildman–Crippen LogP) is 4.09. The summed E-state index contributed by atoms with van der Waals surface area (Å²) in [5.41, 5.74) is 1.61. The Morgan fingerprint density at radius 3 is 2.50 bits per heavy atom. The van der Waals surface area contributed by atoms with Gasteiger partial charge in [0, 0.05) is 23.4 Å². The summed E-state index contributed by atoms with van der Waals surface area (Å²) in [6.45, 7) is 2.35. The van der Waals surface area contributed by atoms with Gasteiger partial charge < -0.3 is 15.1 Å². The van der Waals surface area contributed by atoms with E-state index in [1.807, 2.05) is 6.92 Å². The second-order valence-electron chi connectivity index (χ2n) is 5.57. The minimum Gasteiger partial charge on any atom is -0.451 e. The van der Waals surface area contributed by atoms with Crippen LogP contribution in [-0.2, 0) is 0 Å². The molecule has 0 aliphatic heterocycles. The molecular weight excluding hydrogens is 335 g/mol. The summed E-state index contributed by atoms with van der Waals surface area (Å²) in [6.07, 6.45) is 0. The third kappa shape index (κ3) is 3.97. The van der Waals surface area contributed by atoms with Gasteiger partial charge in [-0.05, 0) is 61.5 Å². The van der Waals surface area contributed by atoms with E-state index in [2.05, 4.69) is 10.6 Å². The summed E-state index contributed by atoms with van der Waals surface area (Å²) < 4.78 is 18.5. The molecule has 6 heteroatoms. The number of carbonyl (C=O) groups is 2. The van der Waals surface area contributed by atoms with Crippen LogP contribution in [0.3, 0.4) is 0 Å². The zero-order valence-electron chi connectivity index (χ0n) is 14.1. The molecule has 0 aliphatic rings. The number of nitrogens with one attached hydrogen (secondary N) is 2. The van der Waals surface area contributed by atoms with Gasteiger partial charge in [0.2, 0.25) is 0 Å². The maximum atomic E-state index is 13.0. The molecule has 0 atom stereocenters. The van der Waals surface area contributed by atoms with Crippen molar-refractivity contribution in [2.24, 2.45) is 0 Å². The Balaban J connectivity index is 1.74. The Kier molecular flexibility index (Phi) is 5.12. The van der Waals surface area contributed by atoms with E-state index in [0.29, 0.717) is 29.1 Å². The lowest BCUT2D eigenvalue weighted by atomic mass is 10.2. The number of halogens is 1. The molecule has 0 bridgehead atoms. The minimum atomic E-state index is -0.439. The average Bonchev–Trinajstić information content (AvgIpc) is 3.13. The Bertz CT molecular complexity index is 932. The standard InChI is InChI=1S/C20H17FN2O3/c1-2-22-19(24)14-4-3-5-16(12-14)23-20(25)18-11-10-17(26-18)13-6-8-15(21)9-7-13/h3-12H,2H2,1H3,(H,22,24)(H,23,25). The number of amides is 2. The smallest absolute Gasteiger partial charge is 0.291 e. The number of rotatable bonds is 5. The van der Waals surface area contributed by atoms with Gasteiger partial charge in [-0.25, -0.2) is 4.39 Å². The van der Waals surface area contributed by atoms with E-state index in [1.165, 1.54) is 12.1 Å². The molecule has 132 valence electrons. The van der Waals surface area contributed by atoms with Gasteiger partial charge in [0.1, 0.15) is 11.6 Å². The van der Waals surface area contributed by atoms with Gasteiger partial charge in [-0.2, -0.15) is 0 Å². The van der Waals surface area contributed by atoms with Crippen LogP contribution >= 0.6 is 0 Å². The predicted molar refractivity (Wildman–Crippen MR) is 96.5 cm³/mol. The van der Waals surface area contributed by atoms with Crippen molar-refractivity contribution in [3.05, 3.63) is 77.8 Å². The van der Waals surface area contributed by atoms with Crippen LogP contribution < -0.4 is 10.6 Å². The van der Waals surface area contributed by atoms with Crippen LogP contribution in [0.5, 0.6) is 0 Å². The van der Waals surface area contributed by atoms with E-state index in [-0.39, 0.29) is 17.5 Å². The summed E-state index contributed by atoms with van der Waals surface area (Å²) in [5.74, 6) is -0.407. The van der Waals surface area contributed by atoms with Crippen molar-refractivity contribution in [2.45, 2.75) is 6.92 Å². The highest BCUT2D eigenvalue weighted by Gasteiger charge is 2.13. The van der Waals surface area contributed by atoms with Crippen molar-refractivity contribution in [3.63, 3.8) is 0 Å². The molecule has 0 saturated heterocycles. The third-order valence-electron chi connectivity index (χ3n) is 3.68. The lowest BCUT2D eigenvalue weighted by Gasteiger charge is -2.06. The van der Waals surface area contributed by atoms with Crippen LogP contribution in [0.2, 0.25) is 0 Å². The summed E-state index contributed by atoms with van der Waals surface area (Å²) in [4.78, 5) is 24.2. The first kappa shape index (κ1) is 17.4. The van der Waals surface area contributed by atoms with Gasteiger partial charge in [-0.3, -0.25) is 9.59 Å². The molecule has 0 spiro atoms. The number of hydrogen-bond acceptors (Lipinski definition) is 3. The second kappa shape index (κ2) is 7.65. The molecule has 2 N–H and O–H groups in total. The lowest BCUT2D eigenvalue weighted by Crippen LogP contribution is -2.22. The lowest BCUT2D eigenvalue weighted by molar-refractivity contribution is 0.0953. The number of anilines is 1. The topological polar surface area (TPSA) is 71.3 Å². The molecule has 3 rings (SSSR count). The highest BCUT2D eigenvalue weighted by Crippen LogP contribution is 2.23. The van der Waals surface area contributed by atoms with Crippen molar-refractivity contribution < 1.29 is 18.4 Å². The van der Waals surface area contributed by atoms with Crippen LogP contribution in [0.25, 0.3) is 11.3 Å². The quantitative estimate of drug-likeness (QED) is 0.726. The molecule has 1 heterocycles. The Labute approximate surface area is 149 Å². The molecule has 2 amide bonds. The monoisotopic (exact) mass is 352 g/mol. The molecule has 0 saturated carbocycles. The SMILES string of the molecule is CCNC(=O)c1cccc(NC(=O)c2ccc(-c3ccc(F)cc3)o2)c1. The van der Waals surface area contributed by atoms with Crippen LogP contribution in [0.4, 0.5) is 10.1 Å². The minimum absolute atomic E-state index is 0.118. The Morgan fingerprint density at radius 1 is 1.00 bits per heavy atom. The molecule has 0 fully saturated rings. The fourth-order valence-electron chi connectivity index (χ4n) is 2.42. The Morgan fingerprint density at radius 2 is 1.77 bits per heavy atom. The molecule has 0 aliphatic carbocycles. The van der Waals surface area contributed by atoms with Crippen molar-refractivity contribution in [2.75, 3.05) is 11.9 Å². The first-order chi connectivity index (χ1) is 12.6. The normalized spacial score (nSPS) is 10.4. The molecular formula is C20H17FN2O3. The van der Waals surface area contributed by atoms with E-state index >= 15 is 0 Å². The van der Waals surface area contributed by atoms with Crippen LogP contribution in [0.1, 0.15) is 27.8 Å². The van der Waals surface area contributed by atoms with Gasteiger partial charge in [-0.15, -0.1) is 0 Å². The van der Waals surface area contributed by atoms with E-state index in [4.69, 9.17) is 4.42 Å². The van der Waals surface area contributed by atoms with Gasteiger partial charge in [0.05, 0.1) is 0 Å². The highest BCUT2D eigenvalue weighted by molar-refractivity contribution is 6.03. The van der Waals surface area contributed by atoms with Crippen molar-refractivity contribution in [1.82, 2.24) is 5.32 Å². The number of hydrogen-bond donors (Lipinski definition) is 2. The fourth-order valence-corrected chi connectivity index (χ4v) is 2.42. The average molecular weight is 352 g/mol. The Hall–Kier alpha value is -3.41. The van der Waals surface area contributed by atoms with E-state index < -0.39 is 5.91 Å². The van der Waals surface area contributed by atoms with Crippen molar-refractivity contribution in [1.29, 1.82) is 0 Å². The maximum absolute atomic E-state index is 13.0. The van der Waals surface area contributed by atoms with Crippen LogP contribution in [-0.4, -0.2) is 18.4 Å². The van der Waals surface area contributed by atoms with Crippen molar-refractivity contribution in [3.8, 4) is 11.3 Å². The third-order valence-corrected chi connectivity index (χ3v) is 3.68. The van der Waals surface area contributed by atoms with Crippen LogP contribution in [0, 0.1) is 5.82 Å². The first-order valence-electron chi connectivity index (χ1n) is 8.12. The molecule has 1 aromatic heterocycles. The highest BCUT2D eigenvalue weighted by atomic mass is 19.1. The number of furan rings is 1. The van der Waals surface area contributed by atoms with Crippen LogP contribution in [0.15, 0.2) is 65.1 Å². The van der Waals surface area contributed by atoms with E-state index in [9.17, 15) is 14.0 Å². The van der Waals surface area contributed by atoms with Gasteiger partial charge in [-0.1, -0.05) is 6.07 Å². The first-order valence-corrected chi connectivity index (χ1v) is 8.12. The van der Waals surface area contributed by atoms with Gasteiger partial charge in [0.25, 0.3) is 11.8 Å². The zero-order chi connectivity index (χ0) is 18.5. The molecule has 0 unspecified atom stereocenters. The largest absolute Gasteiger partial charge is 0.451 e. The molecule has 3 aromatic rings. The zero-order valence-corrected chi connectivity index (χ0v) is 14.1. The summed E-state index contributed by atoms with van der Waals surface area (Å²) >= 11 is 0. The summed E-state index contributed by atoms with van der Waals surface area (Å²) in [7, 11) is 0. The fraction of sp³-hybridized carbons (Fsp3) is 0.100. The molecule has 2 aromatic carbocycles. The second-order valence-corrected chi connectivity index (χ2v) is 5.57. The number of carbonyl (C=O) groups excluding carboxylic acids is 2. The molecule has 5 nitrogen and oxygen atoms in total. The van der Waals surface area contributed by atoms with Gasteiger partial charge >= 0.3 is 0 Å². The molecule has 26 heavy (non-hydrogen) atoms.